The van der Waals surface area contributed by atoms with Crippen LogP contribution in [-0.2, 0) is 4.79 Å². The molecule has 0 aromatic carbocycles. The van der Waals surface area contributed by atoms with Crippen molar-refractivity contribution in [2.24, 2.45) is 17.6 Å². The van der Waals surface area contributed by atoms with Crippen LogP contribution in [0.3, 0.4) is 0 Å². The van der Waals surface area contributed by atoms with Crippen LogP contribution in [0.5, 0.6) is 0 Å². The number of rotatable bonds is 5. The van der Waals surface area contributed by atoms with E-state index < -0.39 is 11.9 Å². The first kappa shape index (κ1) is 13.3. The van der Waals surface area contributed by atoms with Crippen LogP contribution in [0.15, 0.2) is 18.3 Å². The number of nitrogens with two attached hydrogens (primary N) is 1. The highest BCUT2D eigenvalue weighted by atomic mass is 16.4. The molecule has 1 aromatic heterocycles. The summed E-state index contributed by atoms with van der Waals surface area (Å²) >= 11 is 0. The number of anilines is 1. The van der Waals surface area contributed by atoms with E-state index in [0.29, 0.717) is 17.9 Å². The summed E-state index contributed by atoms with van der Waals surface area (Å²) < 4.78 is 0. The second-order valence-electron chi connectivity index (χ2n) is 4.81. The van der Waals surface area contributed by atoms with Crippen LogP contribution < -0.4 is 11.1 Å². The smallest absolute Gasteiger partial charge is 0.306 e. The van der Waals surface area contributed by atoms with Gasteiger partial charge in [-0.05, 0) is 30.9 Å². The fraction of sp³-hybridized carbons (Fsp3) is 0.462. The lowest BCUT2D eigenvalue weighted by atomic mass is 9.96. The molecule has 0 aliphatic heterocycles. The lowest BCUT2D eigenvalue weighted by Gasteiger charge is -2.16. The van der Waals surface area contributed by atoms with Crippen molar-refractivity contribution in [2.45, 2.75) is 19.3 Å². The molecule has 0 bridgehead atoms. The molecule has 1 saturated carbocycles. The van der Waals surface area contributed by atoms with E-state index in [1.165, 1.54) is 6.20 Å². The van der Waals surface area contributed by atoms with Gasteiger partial charge in [-0.15, -0.1) is 0 Å². The van der Waals surface area contributed by atoms with Crippen LogP contribution >= 0.6 is 0 Å². The van der Waals surface area contributed by atoms with Crippen molar-refractivity contribution in [2.75, 3.05) is 11.9 Å². The molecule has 0 spiro atoms. The first-order valence-corrected chi connectivity index (χ1v) is 6.30. The number of carboxylic acids is 1. The Morgan fingerprint density at radius 3 is 2.95 bits per heavy atom. The number of hydrogen-bond donors (Lipinski definition) is 3. The van der Waals surface area contributed by atoms with Crippen molar-refractivity contribution >= 4 is 17.7 Å². The first-order chi connectivity index (χ1) is 9.08. The van der Waals surface area contributed by atoms with Crippen LogP contribution in [-0.4, -0.2) is 28.5 Å². The third-order valence-electron chi connectivity index (χ3n) is 3.57. The minimum Gasteiger partial charge on any atom is -0.481 e. The molecule has 1 amide bonds. The predicted molar refractivity (Wildman–Crippen MR) is 69.7 cm³/mol. The number of primary amides is 1. The van der Waals surface area contributed by atoms with Gasteiger partial charge in [0, 0.05) is 18.3 Å². The van der Waals surface area contributed by atoms with E-state index in [1.54, 1.807) is 12.1 Å². The van der Waals surface area contributed by atoms with Gasteiger partial charge < -0.3 is 16.2 Å². The van der Waals surface area contributed by atoms with Crippen molar-refractivity contribution in [3.05, 3.63) is 23.9 Å². The standard InChI is InChI=1S/C13H17N3O3/c14-12(17)8-4-5-15-11(6-8)16-7-9-2-1-3-10(9)13(18)19/h4-6,9-10H,1-3,7H2,(H2,14,17)(H,15,16)(H,18,19). The van der Waals surface area contributed by atoms with Crippen LogP contribution in [0.1, 0.15) is 29.6 Å². The molecule has 2 rings (SSSR count). The summed E-state index contributed by atoms with van der Waals surface area (Å²) in [7, 11) is 0. The van der Waals surface area contributed by atoms with Gasteiger partial charge in [-0.1, -0.05) is 6.42 Å². The number of nitrogens with zero attached hydrogens (tertiary/aromatic N) is 1. The van der Waals surface area contributed by atoms with Crippen LogP contribution in [0.2, 0.25) is 0 Å². The van der Waals surface area contributed by atoms with Gasteiger partial charge in [0.25, 0.3) is 0 Å². The molecule has 6 nitrogen and oxygen atoms in total. The maximum absolute atomic E-state index is 11.1. The molecule has 1 fully saturated rings. The number of hydrogen-bond acceptors (Lipinski definition) is 4. The van der Waals surface area contributed by atoms with E-state index in [9.17, 15) is 9.59 Å². The average molecular weight is 263 g/mol. The maximum Gasteiger partial charge on any atom is 0.306 e. The Morgan fingerprint density at radius 2 is 2.26 bits per heavy atom. The molecule has 4 N–H and O–H groups in total. The SMILES string of the molecule is NC(=O)c1ccnc(NCC2CCCC2C(=O)O)c1. The quantitative estimate of drug-likeness (QED) is 0.737. The predicted octanol–water partition coefficient (Wildman–Crippen LogP) is 1.09. The monoisotopic (exact) mass is 263 g/mol. The number of pyridine rings is 1. The highest BCUT2D eigenvalue weighted by Crippen LogP contribution is 2.31. The summed E-state index contributed by atoms with van der Waals surface area (Å²) in [5.41, 5.74) is 5.58. The Hall–Kier alpha value is -2.11. The van der Waals surface area contributed by atoms with Gasteiger partial charge >= 0.3 is 5.97 Å². The summed E-state index contributed by atoms with van der Waals surface area (Å²) in [5, 5.41) is 12.2. The van der Waals surface area contributed by atoms with Crippen LogP contribution in [0.4, 0.5) is 5.82 Å². The highest BCUT2D eigenvalue weighted by Gasteiger charge is 2.32. The molecule has 19 heavy (non-hydrogen) atoms. The second kappa shape index (κ2) is 5.69. The van der Waals surface area contributed by atoms with E-state index in [4.69, 9.17) is 10.8 Å². The molecule has 0 radical (unpaired) electrons. The zero-order chi connectivity index (χ0) is 13.8. The van der Waals surface area contributed by atoms with Gasteiger partial charge in [-0.2, -0.15) is 0 Å². The second-order valence-corrected chi connectivity index (χ2v) is 4.81. The third-order valence-corrected chi connectivity index (χ3v) is 3.57. The Morgan fingerprint density at radius 1 is 1.47 bits per heavy atom. The molecule has 102 valence electrons. The van der Waals surface area contributed by atoms with Gasteiger partial charge in [0.05, 0.1) is 5.92 Å². The van der Waals surface area contributed by atoms with Gasteiger partial charge in [-0.3, -0.25) is 9.59 Å². The normalized spacial score (nSPS) is 22.1. The summed E-state index contributed by atoms with van der Waals surface area (Å²) in [6, 6.07) is 3.12. The number of aromatic nitrogens is 1. The molecule has 2 unspecified atom stereocenters. The van der Waals surface area contributed by atoms with Crippen LogP contribution in [0.25, 0.3) is 0 Å². The van der Waals surface area contributed by atoms with Crippen molar-refractivity contribution in [3.63, 3.8) is 0 Å². The van der Waals surface area contributed by atoms with E-state index in [2.05, 4.69) is 10.3 Å². The Kier molecular flexibility index (Phi) is 3.99. The number of aliphatic carboxylic acids is 1. The number of carboxylic acid groups (broad SMARTS) is 1. The minimum absolute atomic E-state index is 0.108. The number of nitrogens with one attached hydrogen (secondary N) is 1. The summed E-state index contributed by atoms with van der Waals surface area (Å²) in [6.07, 6.45) is 4.08. The first-order valence-electron chi connectivity index (χ1n) is 6.30. The maximum atomic E-state index is 11.1. The van der Waals surface area contributed by atoms with E-state index in [1.807, 2.05) is 0 Å². The highest BCUT2D eigenvalue weighted by molar-refractivity contribution is 5.93. The van der Waals surface area contributed by atoms with Gasteiger partial charge in [-0.25, -0.2) is 4.98 Å². The van der Waals surface area contributed by atoms with Gasteiger partial charge in [0.15, 0.2) is 0 Å². The van der Waals surface area contributed by atoms with Gasteiger partial charge in [0.2, 0.25) is 5.91 Å². The van der Waals surface area contributed by atoms with E-state index in [0.717, 1.165) is 19.3 Å². The molecule has 1 aromatic rings. The molecule has 1 aliphatic rings. The van der Waals surface area contributed by atoms with Crippen molar-refractivity contribution in [1.82, 2.24) is 4.98 Å². The minimum atomic E-state index is -0.733. The van der Waals surface area contributed by atoms with Gasteiger partial charge in [0.1, 0.15) is 5.82 Å². The molecule has 0 saturated heterocycles. The zero-order valence-electron chi connectivity index (χ0n) is 10.5. The van der Waals surface area contributed by atoms with E-state index in [-0.39, 0.29) is 11.8 Å². The third kappa shape index (κ3) is 3.21. The number of carbonyl (C=O) groups excluding carboxylic acids is 1. The Bertz CT molecular complexity index is 490. The van der Waals surface area contributed by atoms with E-state index >= 15 is 0 Å². The summed E-state index contributed by atoms with van der Waals surface area (Å²) in [6.45, 7) is 0.548. The summed E-state index contributed by atoms with van der Waals surface area (Å²) in [5.74, 6) is -0.867. The number of carbonyl (C=O) groups is 2. The van der Waals surface area contributed by atoms with Crippen LogP contribution in [0, 0.1) is 11.8 Å². The lowest BCUT2D eigenvalue weighted by Crippen LogP contribution is -2.24. The van der Waals surface area contributed by atoms with Crippen molar-refractivity contribution in [3.8, 4) is 0 Å². The zero-order valence-corrected chi connectivity index (χ0v) is 10.5. The van der Waals surface area contributed by atoms with Crippen molar-refractivity contribution in [1.29, 1.82) is 0 Å². The average Bonchev–Trinajstić information content (AvgIpc) is 2.85. The number of amides is 1. The molecule has 6 heteroatoms. The fourth-order valence-corrected chi connectivity index (χ4v) is 2.52. The summed E-state index contributed by atoms with van der Waals surface area (Å²) in [4.78, 5) is 26.2. The Labute approximate surface area is 111 Å². The molecular weight excluding hydrogens is 246 g/mol. The molecule has 2 atom stereocenters. The lowest BCUT2D eigenvalue weighted by molar-refractivity contribution is -0.142. The fourth-order valence-electron chi connectivity index (χ4n) is 2.52. The Balaban J connectivity index is 1.97. The van der Waals surface area contributed by atoms with Crippen molar-refractivity contribution < 1.29 is 14.7 Å². The molecule has 1 heterocycles. The largest absolute Gasteiger partial charge is 0.481 e. The molecular formula is C13H17N3O3. The topological polar surface area (TPSA) is 105 Å². The molecule has 1 aliphatic carbocycles.